The number of aromatic nitrogens is 2. The SMILES string of the molecule is CC1(C)OB(C(=Cc2ccc(-c3cnc[nH]3)cc2)CS)OC1(C)C. The average Bonchev–Trinajstić information content (AvgIpc) is 3.12. The fourth-order valence-electron chi connectivity index (χ4n) is 2.57. The maximum atomic E-state index is 6.12. The van der Waals surface area contributed by atoms with Crippen LogP contribution in [0.15, 0.2) is 42.3 Å². The van der Waals surface area contributed by atoms with Gasteiger partial charge in [0.2, 0.25) is 0 Å². The number of benzene rings is 1. The lowest BCUT2D eigenvalue weighted by molar-refractivity contribution is 0.00578. The van der Waals surface area contributed by atoms with Crippen molar-refractivity contribution in [2.75, 3.05) is 5.75 Å². The van der Waals surface area contributed by atoms with Crippen LogP contribution in [0.4, 0.5) is 0 Å². The summed E-state index contributed by atoms with van der Waals surface area (Å²) in [4.78, 5) is 7.16. The molecule has 0 atom stereocenters. The Bertz CT molecular complexity index is 708. The Balaban J connectivity index is 1.81. The molecule has 0 unspecified atom stereocenters. The lowest BCUT2D eigenvalue weighted by Crippen LogP contribution is -2.41. The van der Waals surface area contributed by atoms with Crippen LogP contribution in [0.3, 0.4) is 0 Å². The first-order valence-electron chi connectivity index (χ1n) is 8.08. The second kappa shape index (κ2) is 6.43. The van der Waals surface area contributed by atoms with E-state index < -0.39 is 0 Å². The molecule has 2 heterocycles. The molecule has 126 valence electrons. The predicted molar refractivity (Wildman–Crippen MR) is 102 cm³/mol. The zero-order chi connectivity index (χ0) is 17.4. The Morgan fingerprint density at radius 3 is 2.29 bits per heavy atom. The van der Waals surface area contributed by atoms with Crippen molar-refractivity contribution >= 4 is 25.8 Å². The van der Waals surface area contributed by atoms with Gasteiger partial charge in [-0.25, -0.2) is 4.98 Å². The van der Waals surface area contributed by atoms with Crippen LogP contribution >= 0.6 is 12.6 Å². The molecule has 1 aromatic heterocycles. The minimum Gasteiger partial charge on any atom is -0.400 e. The van der Waals surface area contributed by atoms with Gasteiger partial charge in [-0.15, -0.1) is 0 Å². The number of nitrogens with zero attached hydrogens (tertiary/aromatic N) is 1. The van der Waals surface area contributed by atoms with Crippen molar-refractivity contribution in [2.45, 2.75) is 38.9 Å². The number of aromatic amines is 1. The molecule has 0 radical (unpaired) electrons. The molecule has 1 saturated heterocycles. The van der Waals surface area contributed by atoms with Crippen LogP contribution < -0.4 is 0 Å². The maximum absolute atomic E-state index is 6.12. The van der Waals surface area contributed by atoms with Crippen molar-refractivity contribution < 1.29 is 9.31 Å². The zero-order valence-electron chi connectivity index (χ0n) is 14.5. The van der Waals surface area contributed by atoms with Gasteiger partial charge >= 0.3 is 7.12 Å². The minimum atomic E-state index is -0.361. The summed E-state index contributed by atoms with van der Waals surface area (Å²) >= 11 is 4.46. The van der Waals surface area contributed by atoms with E-state index in [9.17, 15) is 0 Å². The number of hydrogen-bond donors (Lipinski definition) is 2. The molecule has 0 aliphatic carbocycles. The van der Waals surface area contributed by atoms with Crippen LogP contribution in [0.5, 0.6) is 0 Å². The summed E-state index contributed by atoms with van der Waals surface area (Å²) in [5.74, 6) is 0.582. The predicted octanol–water partition coefficient (Wildman–Crippen LogP) is 4.02. The quantitative estimate of drug-likeness (QED) is 0.652. The molecule has 0 bridgehead atoms. The first-order valence-corrected chi connectivity index (χ1v) is 8.71. The minimum absolute atomic E-state index is 0.343. The van der Waals surface area contributed by atoms with E-state index >= 15 is 0 Å². The zero-order valence-corrected chi connectivity index (χ0v) is 15.4. The summed E-state index contributed by atoms with van der Waals surface area (Å²) in [5.41, 5.74) is 3.54. The number of H-pyrrole nitrogens is 1. The van der Waals surface area contributed by atoms with E-state index in [1.807, 2.05) is 6.20 Å². The van der Waals surface area contributed by atoms with Gasteiger partial charge in [0.1, 0.15) is 0 Å². The third-order valence-electron chi connectivity index (χ3n) is 4.81. The molecule has 1 N–H and O–H groups in total. The molecule has 3 rings (SSSR count). The Hall–Kier alpha value is -1.50. The second-order valence-electron chi connectivity index (χ2n) is 7.05. The van der Waals surface area contributed by atoms with Crippen molar-refractivity contribution in [3.8, 4) is 11.3 Å². The molecule has 0 amide bonds. The molecule has 0 saturated carbocycles. The van der Waals surface area contributed by atoms with Crippen molar-refractivity contribution in [1.29, 1.82) is 0 Å². The van der Waals surface area contributed by atoms with Gasteiger partial charge in [-0.05, 0) is 44.3 Å². The number of imidazole rings is 1. The Labute approximate surface area is 149 Å². The maximum Gasteiger partial charge on any atom is 0.491 e. The summed E-state index contributed by atoms with van der Waals surface area (Å²) in [7, 11) is -0.361. The molecular formula is C18H23BN2O2S. The molecule has 2 aromatic rings. The van der Waals surface area contributed by atoms with Crippen LogP contribution in [0.2, 0.25) is 0 Å². The second-order valence-corrected chi connectivity index (χ2v) is 7.37. The highest BCUT2D eigenvalue weighted by molar-refractivity contribution is 7.80. The standard InChI is InChI=1S/C18H23BN2O2S/c1-17(2)18(3,4)23-19(22-17)15(11-24)9-13-5-7-14(8-6-13)16-10-20-12-21-16/h5-10,12,24H,11H2,1-4H3,(H,20,21). The van der Waals surface area contributed by atoms with Gasteiger partial charge in [0.05, 0.1) is 29.4 Å². The Kier molecular flexibility index (Phi) is 4.64. The molecule has 24 heavy (non-hydrogen) atoms. The molecular weight excluding hydrogens is 319 g/mol. The van der Waals surface area contributed by atoms with E-state index in [0.29, 0.717) is 5.75 Å². The van der Waals surface area contributed by atoms with Crippen molar-refractivity contribution in [2.24, 2.45) is 0 Å². The summed E-state index contributed by atoms with van der Waals surface area (Å²) in [6.07, 6.45) is 5.58. The van der Waals surface area contributed by atoms with Crippen molar-refractivity contribution in [3.05, 3.63) is 47.8 Å². The molecule has 0 spiro atoms. The Morgan fingerprint density at radius 1 is 1.17 bits per heavy atom. The number of hydrogen-bond acceptors (Lipinski definition) is 4. The van der Waals surface area contributed by atoms with Crippen LogP contribution in [0.25, 0.3) is 17.3 Å². The van der Waals surface area contributed by atoms with Crippen LogP contribution in [-0.2, 0) is 9.31 Å². The van der Waals surface area contributed by atoms with Gasteiger partial charge in [-0.2, -0.15) is 12.6 Å². The lowest BCUT2D eigenvalue weighted by atomic mass is 9.78. The van der Waals surface area contributed by atoms with Gasteiger partial charge in [0.25, 0.3) is 0 Å². The van der Waals surface area contributed by atoms with Crippen LogP contribution in [0, 0.1) is 0 Å². The summed E-state index contributed by atoms with van der Waals surface area (Å²) in [6, 6.07) is 8.29. The average molecular weight is 342 g/mol. The first kappa shape index (κ1) is 17.3. The molecule has 1 aliphatic heterocycles. The lowest BCUT2D eigenvalue weighted by Gasteiger charge is -2.32. The van der Waals surface area contributed by atoms with E-state index in [-0.39, 0.29) is 18.3 Å². The van der Waals surface area contributed by atoms with E-state index in [2.05, 4.69) is 80.6 Å². The number of nitrogens with one attached hydrogen (secondary N) is 1. The normalized spacial score (nSPS) is 19.7. The topological polar surface area (TPSA) is 47.1 Å². The first-order chi connectivity index (χ1) is 11.3. The molecule has 4 nitrogen and oxygen atoms in total. The third-order valence-corrected chi connectivity index (χ3v) is 5.18. The fraction of sp³-hybridized carbons (Fsp3) is 0.389. The van der Waals surface area contributed by atoms with Crippen LogP contribution in [0.1, 0.15) is 33.3 Å². The number of thiol groups is 1. The van der Waals surface area contributed by atoms with Gasteiger partial charge in [0.15, 0.2) is 0 Å². The smallest absolute Gasteiger partial charge is 0.400 e. The summed E-state index contributed by atoms with van der Waals surface area (Å²) < 4.78 is 12.2. The monoisotopic (exact) mass is 342 g/mol. The highest BCUT2D eigenvalue weighted by atomic mass is 32.1. The summed E-state index contributed by atoms with van der Waals surface area (Å²) in [5, 5.41) is 0. The van der Waals surface area contributed by atoms with E-state index in [0.717, 1.165) is 22.3 Å². The number of rotatable bonds is 4. The van der Waals surface area contributed by atoms with Gasteiger partial charge in [0, 0.05) is 5.75 Å². The molecule has 1 aromatic carbocycles. The van der Waals surface area contributed by atoms with Crippen molar-refractivity contribution in [1.82, 2.24) is 9.97 Å². The molecule has 1 fully saturated rings. The highest BCUT2D eigenvalue weighted by Crippen LogP contribution is 2.39. The van der Waals surface area contributed by atoms with Gasteiger partial charge in [-0.3, -0.25) is 0 Å². The fourth-order valence-corrected chi connectivity index (χ4v) is 2.81. The van der Waals surface area contributed by atoms with Gasteiger partial charge < -0.3 is 14.3 Å². The van der Waals surface area contributed by atoms with E-state index in [1.54, 1.807) is 6.33 Å². The third kappa shape index (κ3) is 3.32. The van der Waals surface area contributed by atoms with E-state index in [1.165, 1.54) is 0 Å². The summed E-state index contributed by atoms with van der Waals surface area (Å²) in [6.45, 7) is 8.23. The molecule has 1 aliphatic rings. The molecule has 6 heteroatoms. The van der Waals surface area contributed by atoms with E-state index in [4.69, 9.17) is 9.31 Å². The van der Waals surface area contributed by atoms with Gasteiger partial charge in [-0.1, -0.05) is 30.3 Å². The van der Waals surface area contributed by atoms with Crippen LogP contribution in [-0.4, -0.2) is 34.0 Å². The Morgan fingerprint density at radius 2 is 1.79 bits per heavy atom. The van der Waals surface area contributed by atoms with Crippen molar-refractivity contribution in [3.63, 3.8) is 0 Å². The largest absolute Gasteiger partial charge is 0.491 e. The highest BCUT2D eigenvalue weighted by Gasteiger charge is 2.52.